The van der Waals surface area contributed by atoms with E-state index in [1.807, 2.05) is 78.4 Å². The van der Waals surface area contributed by atoms with E-state index in [2.05, 4.69) is 19.9 Å². The number of para-hydroxylation sites is 1. The van der Waals surface area contributed by atoms with Gasteiger partial charge in [0, 0.05) is 17.4 Å². The first-order valence-corrected chi connectivity index (χ1v) is 12.5. The Morgan fingerprint density at radius 3 is 2.42 bits per heavy atom. The minimum atomic E-state index is -0.231. The predicted molar refractivity (Wildman–Crippen MR) is 152 cm³/mol. The number of aromatic nitrogens is 3. The maximum absolute atomic E-state index is 13.7. The van der Waals surface area contributed by atoms with E-state index in [0.717, 1.165) is 39.6 Å². The Balaban J connectivity index is 1.69. The monoisotopic (exact) mass is 506 g/mol. The van der Waals surface area contributed by atoms with Gasteiger partial charge >= 0.3 is 0 Å². The highest BCUT2D eigenvalue weighted by atomic mass is 16.5. The molecule has 0 fully saturated rings. The average Bonchev–Trinajstić information content (AvgIpc) is 3.41. The van der Waals surface area contributed by atoms with E-state index in [-0.39, 0.29) is 11.5 Å². The Kier molecular flexibility index (Phi) is 6.83. The summed E-state index contributed by atoms with van der Waals surface area (Å²) in [4.78, 5) is 18.6. The number of hydrogen-bond donors (Lipinski definition) is 0. The minimum Gasteiger partial charge on any atom is -0.497 e. The van der Waals surface area contributed by atoms with Crippen LogP contribution in [0.1, 0.15) is 36.6 Å². The molecular weight excluding hydrogens is 476 g/mol. The van der Waals surface area contributed by atoms with Crippen molar-refractivity contribution in [1.29, 1.82) is 0 Å². The fourth-order valence-electron chi connectivity index (χ4n) is 4.57. The second-order valence-electron chi connectivity index (χ2n) is 9.38. The Labute approximate surface area is 221 Å². The van der Waals surface area contributed by atoms with Gasteiger partial charge in [-0.2, -0.15) is 9.78 Å². The van der Waals surface area contributed by atoms with E-state index in [9.17, 15) is 4.79 Å². The number of ether oxygens (including phenoxy) is 2. The third-order valence-corrected chi connectivity index (χ3v) is 6.63. The molecule has 0 unspecified atom stereocenters. The third-order valence-electron chi connectivity index (χ3n) is 6.63. The number of aryl methyl sites for hydroxylation is 1. The van der Waals surface area contributed by atoms with Gasteiger partial charge < -0.3 is 14.0 Å². The molecule has 192 valence electrons. The molecule has 0 amide bonds. The second kappa shape index (κ2) is 10.4. The van der Waals surface area contributed by atoms with Gasteiger partial charge in [0.1, 0.15) is 11.5 Å². The average molecular weight is 507 g/mol. The summed E-state index contributed by atoms with van der Waals surface area (Å²) in [5.74, 6) is 2.30. The maximum atomic E-state index is 13.7. The van der Waals surface area contributed by atoms with Gasteiger partial charge in [-0.1, -0.05) is 26.0 Å². The van der Waals surface area contributed by atoms with Crippen LogP contribution in [0.5, 0.6) is 11.5 Å². The van der Waals surface area contributed by atoms with Crippen LogP contribution in [0.4, 0.5) is 0 Å². The van der Waals surface area contributed by atoms with Crippen LogP contribution in [-0.2, 0) is 0 Å². The molecule has 38 heavy (non-hydrogen) atoms. The normalized spacial score (nSPS) is 11.5. The SMILES string of the molecule is COc1ccc(-n2cccc2C=Nn2c(-c3cc(C(C)C)c(OC)cc3C)nc3ccccc3c2=O)cc1. The van der Waals surface area contributed by atoms with Gasteiger partial charge in [0.15, 0.2) is 5.82 Å². The summed E-state index contributed by atoms with van der Waals surface area (Å²) in [6.07, 6.45) is 3.64. The van der Waals surface area contributed by atoms with Gasteiger partial charge in [-0.25, -0.2) is 4.98 Å². The molecule has 0 spiro atoms. The molecule has 7 heteroatoms. The molecule has 0 aliphatic rings. The van der Waals surface area contributed by atoms with Crippen molar-refractivity contribution in [1.82, 2.24) is 14.2 Å². The molecule has 5 aromatic rings. The predicted octanol–water partition coefficient (Wildman–Crippen LogP) is 6.19. The van der Waals surface area contributed by atoms with Gasteiger partial charge in [-0.15, -0.1) is 0 Å². The number of nitrogens with zero attached hydrogens (tertiary/aromatic N) is 4. The lowest BCUT2D eigenvalue weighted by molar-refractivity contribution is 0.407. The van der Waals surface area contributed by atoms with Crippen LogP contribution < -0.4 is 15.0 Å². The summed E-state index contributed by atoms with van der Waals surface area (Å²) < 4.78 is 14.3. The number of hydrogen-bond acceptors (Lipinski definition) is 5. The lowest BCUT2D eigenvalue weighted by Crippen LogP contribution is -2.21. The van der Waals surface area contributed by atoms with E-state index in [0.29, 0.717) is 16.7 Å². The summed E-state index contributed by atoms with van der Waals surface area (Å²) in [5.41, 5.74) is 4.98. The third kappa shape index (κ3) is 4.59. The highest BCUT2D eigenvalue weighted by molar-refractivity contribution is 5.82. The van der Waals surface area contributed by atoms with E-state index in [1.165, 1.54) is 4.68 Å². The van der Waals surface area contributed by atoms with Crippen LogP contribution in [0.2, 0.25) is 0 Å². The van der Waals surface area contributed by atoms with Crippen molar-refractivity contribution in [3.63, 3.8) is 0 Å². The molecule has 0 saturated heterocycles. The molecular formula is C31H30N4O3. The summed E-state index contributed by atoms with van der Waals surface area (Å²) in [6, 6.07) is 23.0. The Bertz CT molecular complexity index is 1700. The second-order valence-corrected chi connectivity index (χ2v) is 9.38. The van der Waals surface area contributed by atoms with Crippen molar-refractivity contribution in [2.75, 3.05) is 14.2 Å². The van der Waals surface area contributed by atoms with Crippen molar-refractivity contribution in [2.45, 2.75) is 26.7 Å². The summed E-state index contributed by atoms with van der Waals surface area (Å²) in [5, 5.41) is 5.20. The van der Waals surface area contributed by atoms with E-state index in [4.69, 9.17) is 19.6 Å². The first-order chi connectivity index (χ1) is 18.4. The summed E-state index contributed by atoms with van der Waals surface area (Å²) in [7, 11) is 3.32. The molecule has 2 aromatic heterocycles. The first kappa shape index (κ1) is 25.0. The number of methoxy groups -OCH3 is 2. The van der Waals surface area contributed by atoms with E-state index in [1.54, 1.807) is 26.5 Å². The number of rotatable bonds is 7. The molecule has 3 aromatic carbocycles. The number of fused-ring (bicyclic) bond motifs is 1. The van der Waals surface area contributed by atoms with Crippen LogP contribution in [0.3, 0.4) is 0 Å². The zero-order valence-electron chi connectivity index (χ0n) is 22.2. The van der Waals surface area contributed by atoms with Crippen molar-refractivity contribution in [3.8, 4) is 28.6 Å². The van der Waals surface area contributed by atoms with Crippen LogP contribution in [0.25, 0.3) is 28.0 Å². The minimum absolute atomic E-state index is 0.223. The molecule has 2 heterocycles. The van der Waals surface area contributed by atoms with Gasteiger partial charge in [0.2, 0.25) is 0 Å². The Morgan fingerprint density at radius 2 is 1.71 bits per heavy atom. The van der Waals surface area contributed by atoms with Gasteiger partial charge in [-0.05, 0) is 84.6 Å². The van der Waals surface area contributed by atoms with E-state index >= 15 is 0 Å². The van der Waals surface area contributed by atoms with Crippen molar-refractivity contribution >= 4 is 17.1 Å². The Hall–Kier alpha value is -4.65. The Morgan fingerprint density at radius 1 is 0.947 bits per heavy atom. The van der Waals surface area contributed by atoms with E-state index < -0.39 is 0 Å². The van der Waals surface area contributed by atoms with Crippen LogP contribution in [0, 0.1) is 6.92 Å². The van der Waals surface area contributed by atoms with Crippen molar-refractivity contribution < 1.29 is 9.47 Å². The van der Waals surface area contributed by atoms with Gasteiger partial charge in [-0.3, -0.25) is 4.79 Å². The summed E-state index contributed by atoms with van der Waals surface area (Å²) >= 11 is 0. The smallest absolute Gasteiger partial charge is 0.282 e. The quantitative estimate of drug-likeness (QED) is 0.247. The van der Waals surface area contributed by atoms with Crippen LogP contribution in [0.15, 0.2) is 88.9 Å². The molecule has 0 aliphatic carbocycles. The maximum Gasteiger partial charge on any atom is 0.282 e. The van der Waals surface area contributed by atoms with Gasteiger partial charge in [0.25, 0.3) is 5.56 Å². The number of benzene rings is 3. The highest BCUT2D eigenvalue weighted by Gasteiger charge is 2.18. The van der Waals surface area contributed by atoms with Crippen LogP contribution >= 0.6 is 0 Å². The lowest BCUT2D eigenvalue weighted by Gasteiger charge is -2.17. The topological polar surface area (TPSA) is 70.6 Å². The molecule has 0 atom stereocenters. The summed E-state index contributed by atoms with van der Waals surface area (Å²) in [6.45, 7) is 6.22. The van der Waals surface area contributed by atoms with Crippen molar-refractivity contribution in [2.24, 2.45) is 5.10 Å². The largest absolute Gasteiger partial charge is 0.497 e. The molecule has 0 bridgehead atoms. The fraction of sp³-hybridized carbons (Fsp3) is 0.194. The zero-order valence-corrected chi connectivity index (χ0v) is 22.2. The molecule has 7 nitrogen and oxygen atoms in total. The lowest BCUT2D eigenvalue weighted by atomic mass is 9.96. The highest BCUT2D eigenvalue weighted by Crippen LogP contribution is 2.34. The standard InChI is InChI=1S/C31H30N4O3/c1-20(2)26-18-27(21(3)17-29(26)38-5)30-33-28-11-7-6-10-25(28)31(36)35(30)32-19-23-9-8-16-34(23)22-12-14-24(37-4)15-13-22/h6-20H,1-5H3. The van der Waals surface area contributed by atoms with Crippen molar-refractivity contribution in [3.05, 3.63) is 106 Å². The zero-order chi connectivity index (χ0) is 26.8. The van der Waals surface area contributed by atoms with Crippen LogP contribution in [-0.4, -0.2) is 34.7 Å². The molecule has 0 N–H and O–H groups in total. The molecule has 0 aliphatic heterocycles. The molecule has 5 rings (SSSR count). The fourth-order valence-corrected chi connectivity index (χ4v) is 4.57. The van der Waals surface area contributed by atoms with Gasteiger partial charge in [0.05, 0.1) is 37.0 Å². The molecule has 0 radical (unpaired) electrons. The first-order valence-electron chi connectivity index (χ1n) is 12.5. The molecule has 0 saturated carbocycles.